The van der Waals surface area contributed by atoms with Gasteiger partial charge in [0.25, 0.3) is 15.9 Å². The number of amides is 2. The second-order valence-electron chi connectivity index (χ2n) is 7.36. The molecule has 0 aromatic heterocycles. The number of ether oxygens (including phenoxy) is 1. The molecule has 0 saturated carbocycles. The predicted octanol–water partition coefficient (Wildman–Crippen LogP) is 2.12. The maximum absolute atomic E-state index is 13.0. The SMILES string of the molecule is CCOc1ccc2c(c1)CC(S(=O)(=O)NC(=O)C(=O)CC(=O)N(Cc1ccc(F)cc1)OC)=C2. The molecule has 1 aliphatic carbocycles. The van der Waals surface area contributed by atoms with Crippen molar-refractivity contribution in [3.63, 3.8) is 0 Å². The van der Waals surface area contributed by atoms with E-state index in [2.05, 4.69) is 0 Å². The lowest BCUT2D eigenvalue weighted by atomic mass is 10.1. The number of halogens is 1. The van der Waals surface area contributed by atoms with Crippen molar-refractivity contribution in [2.75, 3.05) is 13.7 Å². The molecule has 0 aliphatic heterocycles. The van der Waals surface area contributed by atoms with Crippen LogP contribution in [-0.4, -0.2) is 44.8 Å². The number of sulfonamides is 1. The van der Waals surface area contributed by atoms with E-state index in [1.165, 1.54) is 37.5 Å². The fourth-order valence-corrected chi connectivity index (χ4v) is 4.39. The van der Waals surface area contributed by atoms with Crippen LogP contribution in [0.5, 0.6) is 5.75 Å². The van der Waals surface area contributed by atoms with Gasteiger partial charge in [0.2, 0.25) is 5.78 Å². The van der Waals surface area contributed by atoms with Crippen LogP contribution in [0.2, 0.25) is 0 Å². The van der Waals surface area contributed by atoms with Crippen LogP contribution in [0.25, 0.3) is 6.08 Å². The van der Waals surface area contributed by atoms with Gasteiger partial charge in [-0.3, -0.25) is 19.2 Å². The number of hydroxylamine groups is 2. The average Bonchev–Trinajstić information content (AvgIpc) is 3.23. The summed E-state index contributed by atoms with van der Waals surface area (Å²) >= 11 is 0. The first-order valence-electron chi connectivity index (χ1n) is 10.3. The van der Waals surface area contributed by atoms with Gasteiger partial charge in [0.05, 0.1) is 31.6 Å². The number of nitrogens with zero attached hydrogens (tertiary/aromatic N) is 1. The van der Waals surface area contributed by atoms with Gasteiger partial charge in [0, 0.05) is 6.42 Å². The molecule has 2 aromatic carbocycles. The quantitative estimate of drug-likeness (QED) is 0.308. The first-order valence-corrected chi connectivity index (χ1v) is 11.8. The lowest BCUT2D eigenvalue weighted by Crippen LogP contribution is -2.39. The Morgan fingerprint density at radius 1 is 1.12 bits per heavy atom. The Balaban J connectivity index is 1.60. The average molecular weight is 491 g/mol. The molecular formula is C23H23FN2O7S. The molecule has 0 unspecified atom stereocenters. The molecule has 0 atom stereocenters. The number of Topliss-reactive ketones (excluding diaryl/α,β-unsaturated/α-hetero) is 1. The molecule has 11 heteroatoms. The first kappa shape index (κ1) is 25.1. The van der Waals surface area contributed by atoms with Crippen molar-refractivity contribution in [2.24, 2.45) is 0 Å². The van der Waals surface area contributed by atoms with Crippen molar-refractivity contribution in [1.82, 2.24) is 9.79 Å². The molecule has 2 amide bonds. The molecule has 3 rings (SSSR count). The lowest BCUT2D eigenvalue weighted by Gasteiger charge is -2.19. The Morgan fingerprint density at radius 2 is 1.82 bits per heavy atom. The third-order valence-corrected chi connectivity index (χ3v) is 6.39. The molecule has 9 nitrogen and oxygen atoms in total. The van der Waals surface area contributed by atoms with E-state index >= 15 is 0 Å². The molecule has 2 aromatic rings. The summed E-state index contributed by atoms with van der Waals surface area (Å²) in [6.45, 7) is 2.18. The van der Waals surface area contributed by atoms with E-state index in [1.54, 1.807) is 22.9 Å². The number of allylic oxidation sites excluding steroid dienone is 1. The molecule has 0 radical (unpaired) electrons. The number of benzene rings is 2. The Hall–Kier alpha value is -3.57. The van der Waals surface area contributed by atoms with Crippen molar-refractivity contribution >= 4 is 33.7 Å². The van der Waals surface area contributed by atoms with E-state index in [9.17, 15) is 27.2 Å². The van der Waals surface area contributed by atoms with E-state index in [4.69, 9.17) is 9.57 Å². The first-order chi connectivity index (χ1) is 16.1. The van der Waals surface area contributed by atoms with Gasteiger partial charge in [0.15, 0.2) is 0 Å². The summed E-state index contributed by atoms with van der Waals surface area (Å²) in [5.41, 5.74) is 1.89. The molecule has 1 aliphatic rings. The smallest absolute Gasteiger partial charge is 0.301 e. The van der Waals surface area contributed by atoms with Crippen LogP contribution in [0.3, 0.4) is 0 Å². The number of hydrogen-bond donors (Lipinski definition) is 1. The Kier molecular flexibility index (Phi) is 7.79. The zero-order valence-electron chi connectivity index (χ0n) is 18.5. The molecule has 0 saturated heterocycles. The van der Waals surface area contributed by atoms with E-state index < -0.39 is 39.9 Å². The minimum absolute atomic E-state index is 0.0289. The van der Waals surface area contributed by atoms with E-state index in [0.717, 1.165) is 5.06 Å². The summed E-state index contributed by atoms with van der Waals surface area (Å²) in [4.78, 5) is 41.7. The van der Waals surface area contributed by atoms with Crippen LogP contribution in [-0.2, 0) is 42.2 Å². The fourth-order valence-electron chi connectivity index (χ4n) is 3.28. The summed E-state index contributed by atoms with van der Waals surface area (Å²) < 4.78 is 45.4. The van der Waals surface area contributed by atoms with Gasteiger partial charge in [-0.05, 0) is 54.0 Å². The molecule has 0 spiro atoms. The van der Waals surface area contributed by atoms with Gasteiger partial charge >= 0.3 is 5.91 Å². The van der Waals surface area contributed by atoms with E-state index in [-0.39, 0.29) is 17.9 Å². The van der Waals surface area contributed by atoms with Crippen LogP contribution < -0.4 is 9.46 Å². The minimum atomic E-state index is -4.30. The van der Waals surface area contributed by atoms with Crippen LogP contribution >= 0.6 is 0 Å². The minimum Gasteiger partial charge on any atom is -0.494 e. The predicted molar refractivity (Wildman–Crippen MR) is 120 cm³/mol. The maximum Gasteiger partial charge on any atom is 0.301 e. The van der Waals surface area contributed by atoms with Crippen LogP contribution in [0, 0.1) is 5.82 Å². The highest BCUT2D eigenvalue weighted by molar-refractivity contribution is 7.94. The highest BCUT2D eigenvalue weighted by atomic mass is 32.2. The van der Waals surface area contributed by atoms with Crippen LogP contribution in [0.1, 0.15) is 30.0 Å². The third-order valence-electron chi connectivity index (χ3n) is 4.98. The molecule has 180 valence electrons. The normalized spacial score (nSPS) is 12.5. The number of carbonyl (C=O) groups excluding carboxylic acids is 3. The summed E-state index contributed by atoms with van der Waals surface area (Å²) in [5.74, 6) is -3.40. The second kappa shape index (κ2) is 10.6. The molecule has 34 heavy (non-hydrogen) atoms. The van der Waals surface area contributed by atoms with Crippen molar-refractivity contribution in [3.8, 4) is 5.75 Å². The van der Waals surface area contributed by atoms with Gasteiger partial charge in [-0.15, -0.1) is 0 Å². The lowest BCUT2D eigenvalue weighted by molar-refractivity contribution is -0.180. The van der Waals surface area contributed by atoms with Crippen molar-refractivity contribution in [1.29, 1.82) is 0 Å². The summed E-state index contributed by atoms with van der Waals surface area (Å²) in [7, 11) is -3.11. The van der Waals surface area contributed by atoms with Gasteiger partial charge in [0.1, 0.15) is 11.6 Å². The maximum atomic E-state index is 13.0. The van der Waals surface area contributed by atoms with Crippen LogP contribution in [0.4, 0.5) is 4.39 Å². The van der Waals surface area contributed by atoms with Crippen molar-refractivity contribution < 1.29 is 36.8 Å². The summed E-state index contributed by atoms with van der Waals surface area (Å²) in [6, 6.07) is 10.4. The zero-order valence-corrected chi connectivity index (χ0v) is 19.4. The highest BCUT2D eigenvalue weighted by Crippen LogP contribution is 2.30. The number of rotatable bonds is 10. The Morgan fingerprint density at radius 3 is 2.47 bits per heavy atom. The van der Waals surface area contributed by atoms with Gasteiger partial charge in [-0.25, -0.2) is 22.6 Å². The molecule has 0 heterocycles. The number of hydrogen-bond acceptors (Lipinski definition) is 7. The third kappa shape index (κ3) is 6.06. The van der Waals surface area contributed by atoms with E-state index in [0.29, 0.717) is 29.0 Å². The topological polar surface area (TPSA) is 119 Å². The monoisotopic (exact) mass is 490 g/mol. The highest BCUT2D eigenvalue weighted by Gasteiger charge is 2.30. The van der Waals surface area contributed by atoms with Gasteiger partial charge < -0.3 is 4.74 Å². The molecule has 0 bridgehead atoms. The number of nitrogens with one attached hydrogen (secondary N) is 1. The van der Waals surface area contributed by atoms with E-state index in [1.807, 2.05) is 6.92 Å². The molecular weight excluding hydrogens is 467 g/mol. The van der Waals surface area contributed by atoms with Gasteiger partial charge in [-0.1, -0.05) is 18.2 Å². The largest absolute Gasteiger partial charge is 0.494 e. The van der Waals surface area contributed by atoms with Crippen LogP contribution in [0.15, 0.2) is 47.4 Å². The zero-order chi connectivity index (χ0) is 24.9. The summed E-state index contributed by atoms with van der Waals surface area (Å²) in [5, 5.41) is 0.818. The standard InChI is InChI=1S/C23H23FN2O7S/c1-3-33-19-9-6-16-11-20(12-17(16)10-19)34(30,31)25-23(29)21(27)13-22(28)26(32-2)14-15-4-7-18(24)8-5-15/h4-11H,3,12-14H2,1-2H3,(H,25,29). The number of fused-ring (bicyclic) bond motifs is 1. The Bertz CT molecular complexity index is 1240. The van der Waals surface area contributed by atoms with Crippen molar-refractivity contribution in [3.05, 3.63) is 69.9 Å². The van der Waals surface area contributed by atoms with Gasteiger partial charge in [-0.2, -0.15) is 0 Å². The molecule has 1 N–H and O–H groups in total. The van der Waals surface area contributed by atoms with Crippen molar-refractivity contribution in [2.45, 2.75) is 26.3 Å². The number of ketones is 1. The molecule has 0 fully saturated rings. The number of carbonyl (C=O) groups is 3. The second-order valence-corrected chi connectivity index (χ2v) is 9.09. The summed E-state index contributed by atoms with van der Waals surface area (Å²) in [6.07, 6.45) is 0.528. The Labute approximate surface area is 196 Å². The fraction of sp³-hybridized carbons (Fsp3) is 0.261.